The fourth-order valence-electron chi connectivity index (χ4n) is 2.13. The highest BCUT2D eigenvalue weighted by Crippen LogP contribution is 2.31. The van der Waals surface area contributed by atoms with Crippen molar-refractivity contribution in [2.75, 3.05) is 12.4 Å². The predicted octanol–water partition coefficient (Wildman–Crippen LogP) is 4.45. The SMILES string of the molecule is CCC(Oc1ccccc1)C(=O)Nc1cc(C)c(Cl)cc1OC. The number of rotatable bonds is 6. The summed E-state index contributed by atoms with van der Waals surface area (Å²) >= 11 is 6.08. The maximum absolute atomic E-state index is 12.5. The molecule has 1 N–H and O–H groups in total. The Balaban J connectivity index is 2.15. The monoisotopic (exact) mass is 333 g/mol. The van der Waals surface area contributed by atoms with E-state index in [4.69, 9.17) is 21.1 Å². The van der Waals surface area contributed by atoms with Crippen LogP contribution in [0.15, 0.2) is 42.5 Å². The van der Waals surface area contributed by atoms with Gasteiger partial charge in [-0.05, 0) is 37.1 Å². The average Bonchev–Trinajstić information content (AvgIpc) is 2.56. The molecule has 0 saturated heterocycles. The Labute approximate surface area is 141 Å². The number of hydrogen-bond donors (Lipinski definition) is 1. The van der Waals surface area contributed by atoms with Crippen molar-refractivity contribution in [3.63, 3.8) is 0 Å². The van der Waals surface area contributed by atoms with Crippen LogP contribution in [0.25, 0.3) is 0 Å². The maximum atomic E-state index is 12.5. The molecule has 2 aromatic carbocycles. The lowest BCUT2D eigenvalue weighted by molar-refractivity contribution is -0.122. The number of carbonyl (C=O) groups is 1. The molecular weight excluding hydrogens is 314 g/mol. The Kier molecular flexibility index (Phi) is 5.88. The molecule has 0 aliphatic carbocycles. The molecule has 1 amide bonds. The van der Waals surface area contributed by atoms with Crippen LogP contribution >= 0.6 is 11.6 Å². The summed E-state index contributed by atoms with van der Waals surface area (Å²) < 4.78 is 11.0. The van der Waals surface area contributed by atoms with Gasteiger partial charge in [0.05, 0.1) is 12.8 Å². The Morgan fingerprint density at radius 1 is 1.26 bits per heavy atom. The molecule has 0 radical (unpaired) electrons. The Morgan fingerprint density at radius 2 is 1.96 bits per heavy atom. The van der Waals surface area contributed by atoms with E-state index in [-0.39, 0.29) is 5.91 Å². The second kappa shape index (κ2) is 7.88. The highest BCUT2D eigenvalue weighted by molar-refractivity contribution is 6.31. The van der Waals surface area contributed by atoms with E-state index < -0.39 is 6.10 Å². The number of amides is 1. The van der Waals surface area contributed by atoms with Gasteiger partial charge in [-0.25, -0.2) is 0 Å². The molecule has 0 saturated carbocycles. The van der Waals surface area contributed by atoms with Crippen molar-refractivity contribution < 1.29 is 14.3 Å². The van der Waals surface area contributed by atoms with Gasteiger partial charge in [0.2, 0.25) is 0 Å². The Hall–Kier alpha value is -2.20. The largest absolute Gasteiger partial charge is 0.495 e. The fraction of sp³-hybridized carbons (Fsp3) is 0.278. The number of nitrogens with one attached hydrogen (secondary N) is 1. The third kappa shape index (κ3) is 4.39. The summed E-state index contributed by atoms with van der Waals surface area (Å²) in [5.41, 5.74) is 1.44. The molecule has 0 aromatic heterocycles. The topological polar surface area (TPSA) is 47.6 Å². The van der Waals surface area contributed by atoms with Crippen LogP contribution in [-0.4, -0.2) is 19.1 Å². The molecule has 4 nitrogen and oxygen atoms in total. The van der Waals surface area contributed by atoms with E-state index in [2.05, 4.69) is 5.32 Å². The minimum atomic E-state index is -0.585. The fourth-order valence-corrected chi connectivity index (χ4v) is 2.28. The van der Waals surface area contributed by atoms with Crippen molar-refractivity contribution in [3.8, 4) is 11.5 Å². The Morgan fingerprint density at radius 3 is 2.57 bits per heavy atom. The first-order chi connectivity index (χ1) is 11.0. The second-order valence-electron chi connectivity index (χ2n) is 5.12. The molecule has 1 atom stereocenters. The van der Waals surface area contributed by atoms with Crippen molar-refractivity contribution >= 4 is 23.2 Å². The van der Waals surface area contributed by atoms with E-state index in [1.54, 1.807) is 12.1 Å². The molecule has 0 spiro atoms. The van der Waals surface area contributed by atoms with E-state index >= 15 is 0 Å². The number of ether oxygens (including phenoxy) is 2. The molecule has 23 heavy (non-hydrogen) atoms. The molecule has 122 valence electrons. The number of carbonyl (C=O) groups excluding carboxylic acids is 1. The summed E-state index contributed by atoms with van der Waals surface area (Å²) in [6.07, 6.45) is -0.0339. The van der Waals surface area contributed by atoms with Gasteiger partial charge in [-0.2, -0.15) is 0 Å². The summed E-state index contributed by atoms with van der Waals surface area (Å²) in [4.78, 5) is 12.5. The van der Waals surface area contributed by atoms with Crippen LogP contribution in [0.5, 0.6) is 11.5 Å². The van der Waals surface area contributed by atoms with Crippen LogP contribution in [0.1, 0.15) is 18.9 Å². The summed E-state index contributed by atoms with van der Waals surface area (Å²) in [5, 5.41) is 3.44. The smallest absolute Gasteiger partial charge is 0.265 e. The molecule has 0 heterocycles. The number of halogens is 1. The van der Waals surface area contributed by atoms with E-state index in [9.17, 15) is 4.79 Å². The van der Waals surface area contributed by atoms with Gasteiger partial charge in [0.25, 0.3) is 5.91 Å². The van der Waals surface area contributed by atoms with Crippen LogP contribution in [0.2, 0.25) is 5.02 Å². The van der Waals surface area contributed by atoms with E-state index in [1.807, 2.05) is 44.2 Å². The van der Waals surface area contributed by atoms with Crippen LogP contribution in [0, 0.1) is 6.92 Å². The second-order valence-corrected chi connectivity index (χ2v) is 5.53. The average molecular weight is 334 g/mol. The van der Waals surface area contributed by atoms with Gasteiger partial charge in [0, 0.05) is 11.1 Å². The van der Waals surface area contributed by atoms with Crippen molar-refractivity contribution in [1.29, 1.82) is 0 Å². The first-order valence-corrected chi connectivity index (χ1v) is 7.79. The van der Waals surface area contributed by atoms with Crippen molar-refractivity contribution in [2.45, 2.75) is 26.4 Å². The molecule has 0 fully saturated rings. The number of anilines is 1. The zero-order chi connectivity index (χ0) is 16.8. The minimum Gasteiger partial charge on any atom is -0.495 e. The summed E-state index contributed by atoms with van der Waals surface area (Å²) in [6.45, 7) is 3.77. The normalized spacial score (nSPS) is 11.7. The van der Waals surface area contributed by atoms with Gasteiger partial charge >= 0.3 is 0 Å². The molecule has 2 rings (SSSR count). The maximum Gasteiger partial charge on any atom is 0.265 e. The van der Waals surface area contributed by atoms with Crippen molar-refractivity contribution in [1.82, 2.24) is 0 Å². The first-order valence-electron chi connectivity index (χ1n) is 7.41. The number of para-hydroxylation sites is 1. The lowest BCUT2D eigenvalue weighted by atomic mass is 10.2. The number of benzene rings is 2. The summed E-state index contributed by atoms with van der Waals surface area (Å²) in [6, 6.07) is 12.7. The molecule has 0 aliphatic rings. The molecule has 0 aliphatic heterocycles. The first kappa shape index (κ1) is 17.2. The molecule has 0 bridgehead atoms. The number of aryl methyl sites for hydroxylation is 1. The van der Waals surface area contributed by atoms with Gasteiger partial charge in [0.1, 0.15) is 11.5 Å². The van der Waals surface area contributed by atoms with Crippen LogP contribution in [-0.2, 0) is 4.79 Å². The summed E-state index contributed by atoms with van der Waals surface area (Å²) in [5.74, 6) is 0.952. The zero-order valence-electron chi connectivity index (χ0n) is 13.4. The molecule has 5 heteroatoms. The van der Waals surface area contributed by atoms with E-state index in [1.165, 1.54) is 7.11 Å². The third-order valence-corrected chi connectivity index (χ3v) is 3.83. The predicted molar refractivity (Wildman–Crippen MR) is 92.5 cm³/mol. The summed E-state index contributed by atoms with van der Waals surface area (Å²) in [7, 11) is 1.54. The van der Waals surface area contributed by atoms with E-state index in [0.717, 1.165) is 5.56 Å². The van der Waals surface area contributed by atoms with Gasteiger partial charge in [-0.3, -0.25) is 4.79 Å². The molecular formula is C18H20ClNO3. The quantitative estimate of drug-likeness (QED) is 0.849. The number of methoxy groups -OCH3 is 1. The Bertz CT molecular complexity index is 673. The van der Waals surface area contributed by atoms with Gasteiger partial charge in [0.15, 0.2) is 6.10 Å². The van der Waals surface area contributed by atoms with Gasteiger partial charge < -0.3 is 14.8 Å². The lowest BCUT2D eigenvalue weighted by Gasteiger charge is -2.18. The highest BCUT2D eigenvalue weighted by Gasteiger charge is 2.20. The molecule has 2 aromatic rings. The minimum absolute atomic E-state index is 0.226. The molecule has 1 unspecified atom stereocenters. The van der Waals surface area contributed by atoms with Crippen LogP contribution < -0.4 is 14.8 Å². The zero-order valence-corrected chi connectivity index (χ0v) is 14.2. The van der Waals surface area contributed by atoms with Crippen molar-refractivity contribution in [2.24, 2.45) is 0 Å². The number of hydrogen-bond acceptors (Lipinski definition) is 3. The van der Waals surface area contributed by atoms with Crippen molar-refractivity contribution in [3.05, 3.63) is 53.1 Å². The van der Waals surface area contributed by atoms with Gasteiger partial charge in [-0.1, -0.05) is 36.7 Å². The van der Waals surface area contributed by atoms with Crippen LogP contribution in [0.4, 0.5) is 5.69 Å². The lowest BCUT2D eigenvalue weighted by Crippen LogP contribution is -2.32. The highest BCUT2D eigenvalue weighted by atomic mass is 35.5. The van der Waals surface area contributed by atoms with Crippen LogP contribution in [0.3, 0.4) is 0 Å². The standard InChI is InChI=1S/C18H20ClNO3/c1-4-16(23-13-8-6-5-7-9-13)18(21)20-15-10-12(2)14(19)11-17(15)22-3/h5-11,16H,4H2,1-3H3,(H,20,21). The van der Waals surface area contributed by atoms with E-state index in [0.29, 0.717) is 28.6 Å². The third-order valence-electron chi connectivity index (χ3n) is 3.42. The van der Waals surface area contributed by atoms with Gasteiger partial charge in [-0.15, -0.1) is 0 Å².